The summed E-state index contributed by atoms with van der Waals surface area (Å²) in [5, 5.41) is 3.35. The van der Waals surface area contributed by atoms with E-state index in [1.807, 2.05) is 0 Å². The molecule has 0 spiro atoms. The fraction of sp³-hybridized carbons (Fsp3) is 1.00. The number of hydrogen-bond acceptors (Lipinski definition) is 5. The van der Waals surface area contributed by atoms with E-state index in [1.165, 1.54) is 32.7 Å². The number of piperazine rings is 1. The Labute approximate surface area is 119 Å². The van der Waals surface area contributed by atoms with Gasteiger partial charge in [-0.1, -0.05) is 0 Å². The average Bonchev–Trinajstić information content (AvgIpc) is 2.35. The third-order valence-corrected chi connectivity index (χ3v) is 3.83. The molecule has 19 heavy (non-hydrogen) atoms. The van der Waals surface area contributed by atoms with Gasteiger partial charge in [0.05, 0.1) is 0 Å². The van der Waals surface area contributed by atoms with Gasteiger partial charge in [-0.05, 0) is 35.2 Å². The Morgan fingerprint density at radius 3 is 2.21 bits per heavy atom. The molecule has 0 radical (unpaired) electrons. The molecule has 1 aliphatic rings. The second-order valence-corrected chi connectivity index (χ2v) is 6.15. The molecule has 114 valence electrons. The van der Waals surface area contributed by atoms with Crippen LogP contribution in [0.15, 0.2) is 0 Å². The fourth-order valence-corrected chi connectivity index (χ4v) is 2.55. The smallest absolute Gasteiger partial charge is 0.0348 e. The number of nitrogens with zero attached hydrogens (tertiary/aromatic N) is 4. The van der Waals surface area contributed by atoms with Crippen LogP contribution in [0.2, 0.25) is 0 Å². The van der Waals surface area contributed by atoms with E-state index >= 15 is 0 Å². The van der Waals surface area contributed by atoms with Crippen molar-refractivity contribution in [2.75, 3.05) is 87.6 Å². The molecule has 1 rings (SSSR count). The van der Waals surface area contributed by atoms with E-state index in [-0.39, 0.29) is 0 Å². The Bertz CT molecular complexity index is 232. The van der Waals surface area contributed by atoms with Crippen LogP contribution < -0.4 is 5.32 Å². The van der Waals surface area contributed by atoms with E-state index in [4.69, 9.17) is 0 Å². The maximum Gasteiger partial charge on any atom is 0.0348 e. The van der Waals surface area contributed by atoms with Crippen molar-refractivity contribution >= 4 is 0 Å². The molecule has 0 aromatic heterocycles. The van der Waals surface area contributed by atoms with Gasteiger partial charge in [0, 0.05) is 58.4 Å². The first kappa shape index (κ1) is 16.9. The first-order valence-electron chi connectivity index (χ1n) is 7.43. The molecule has 1 atom stereocenters. The summed E-state index contributed by atoms with van der Waals surface area (Å²) in [5.41, 5.74) is 0. The molecule has 0 aliphatic carbocycles. The van der Waals surface area contributed by atoms with E-state index in [0.29, 0.717) is 6.04 Å². The van der Waals surface area contributed by atoms with E-state index in [1.54, 1.807) is 0 Å². The van der Waals surface area contributed by atoms with Gasteiger partial charge in [-0.25, -0.2) is 0 Å². The van der Waals surface area contributed by atoms with Crippen LogP contribution in [0.3, 0.4) is 0 Å². The van der Waals surface area contributed by atoms with Gasteiger partial charge in [0.1, 0.15) is 0 Å². The Morgan fingerprint density at radius 1 is 1.00 bits per heavy atom. The SMILES string of the molecule is CNCC1CN(CCN(C)C)CCN1CCN(C)C. The van der Waals surface area contributed by atoms with Gasteiger partial charge in [0.15, 0.2) is 0 Å². The van der Waals surface area contributed by atoms with Crippen molar-refractivity contribution in [3.8, 4) is 0 Å². The molecule has 1 heterocycles. The van der Waals surface area contributed by atoms with Crippen molar-refractivity contribution in [2.24, 2.45) is 0 Å². The minimum atomic E-state index is 0.654. The quantitative estimate of drug-likeness (QED) is 0.630. The highest BCUT2D eigenvalue weighted by molar-refractivity contribution is 4.84. The summed E-state index contributed by atoms with van der Waals surface area (Å²) in [7, 11) is 10.7. The van der Waals surface area contributed by atoms with Crippen LogP contribution in [-0.2, 0) is 0 Å². The monoisotopic (exact) mass is 271 g/mol. The third kappa shape index (κ3) is 6.68. The van der Waals surface area contributed by atoms with E-state index < -0.39 is 0 Å². The maximum atomic E-state index is 3.35. The lowest BCUT2D eigenvalue weighted by atomic mass is 10.1. The fourth-order valence-electron chi connectivity index (χ4n) is 2.55. The Morgan fingerprint density at radius 2 is 1.63 bits per heavy atom. The molecule has 0 bridgehead atoms. The average molecular weight is 271 g/mol. The molecule has 0 amide bonds. The van der Waals surface area contributed by atoms with Gasteiger partial charge in [0.25, 0.3) is 0 Å². The van der Waals surface area contributed by atoms with Gasteiger partial charge in [-0.2, -0.15) is 0 Å². The molecular formula is C14H33N5. The van der Waals surface area contributed by atoms with Gasteiger partial charge in [-0.15, -0.1) is 0 Å². The van der Waals surface area contributed by atoms with Crippen molar-refractivity contribution in [2.45, 2.75) is 6.04 Å². The third-order valence-electron chi connectivity index (χ3n) is 3.83. The lowest BCUT2D eigenvalue weighted by Crippen LogP contribution is -2.57. The van der Waals surface area contributed by atoms with Crippen LogP contribution in [0, 0.1) is 0 Å². The van der Waals surface area contributed by atoms with Crippen LogP contribution in [0.25, 0.3) is 0 Å². The Hall–Kier alpha value is -0.200. The summed E-state index contributed by atoms with van der Waals surface area (Å²) in [6.07, 6.45) is 0. The normalized spacial score (nSPS) is 22.6. The highest BCUT2D eigenvalue weighted by atomic mass is 15.3. The number of rotatable bonds is 8. The number of nitrogens with one attached hydrogen (secondary N) is 1. The standard InChI is InChI=1S/C14H33N5/c1-15-12-14-13-18(8-6-16(2)3)9-11-19(14)10-7-17(4)5/h14-15H,6-13H2,1-5H3. The van der Waals surface area contributed by atoms with Gasteiger partial charge in [-0.3, -0.25) is 9.80 Å². The zero-order chi connectivity index (χ0) is 14.3. The van der Waals surface area contributed by atoms with Gasteiger partial charge < -0.3 is 15.1 Å². The molecule has 1 unspecified atom stereocenters. The van der Waals surface area contributed by atoms with Crippen LogP contribution in [0.4, 0.5) is 0 Å². The molecule has 0 aromatic rings. The molecule has 1 fully saturated rings. The Balaban J connectivity index is 2.40. The predicted molar refractivity (Wildman–Crippen MR) is 82.8 cm³/mol. The summed E-state index contributed by atoms with van der Waals surface area (Å²) in [6.45, 7) is 9.38. The summed E-state index contributed by atoms with van der Waals surface area (Å²) < 4.78 is 0. The molecule has 5 heteroatoms. The van der Waals surface area contributed by atoms with E-state index in [0.717, 1.165) is 19.6 Å². The minimum Gasteiger partial charge on any atom is -0.318 e. The molecule has 0 saturated carbocycles. The molecular weight excluding hydrogens is 238 g/mol. The van der Waals surface area contributed by atoms with Gasteiger partial charge >= 0.3 is 0 Å². The van der Waals surface area contributed by atoms with Crippen molar-refractivity contribution in [1.82, 2.24) is 24.9 Å². The molecule has 5 nitrogen and oxygen atoms in total. The zero-order valence-corrected chi connectivity index (χ0v) is 13.5. The van der Waals surface area contributed by atoms with Crippen LogP contribution in [0.1, 0.15) is 0 Å². The first-order chi connectivity index (χ1) is 9.02. The summed E-state index contributed by atoms with van der Waals surface area (Å²) >= 11 is 0. The highest BCUT2D eigenvalue weighted by Crippen LogP contribution is 2.09. The summed E-state index contributed by atoms with van der Waals surface area (Å²) in [6, 6.07) is 0.654. The molecule has 1 aliphatic heterocycles. The Kier molecular flexibility index (Phi) is 7.87. The summed E-state index contributed by atoms with van der Waals surface area (Å²) in [5.74, 6) is 0. The number of hydrogen-bond donors (Lipinski definition) is 1. The first-order valence-corrected chi connectivity index (χ1v) is 7.43. The topological polar surface area (TPSA) is 25.0 Å². The molecule has 1 saturated heterocycles. The van der Waals surface area contributed by atoms with Gasteiger partial charge in [0.2, 0.25) is 0 Å². The van der Waals surface area contributed by atoms with Crippen LogP contribution >= 0.6 is 0 Å². The maximum absolute atomic E-state index is 3.35. The summed E-state index contributed by atoms with van der Waals surface area (Å²) in [4.78, 5) is 9.79. The highest BCUT2D eigenvalue weighted by Gasteiger charge is 2.25. The van der Waals surface area contributed by atoms with E-state index in [9.17, 15) is 0 Å². The number of likely N-dealkylation sites (N-methyl/N-ethyl adjacent to an activating group) is 3. The second kappa shape index (κ2) is 8.87. The predicted octanol–water partition coefficient (Wildman–Crippen LogP) is -0.685. The zero-order valence-electron chi connectivity index (χ0n) is 13.5. The molecule has 1 N–H and O–H groups in total. The van der Waals surface area contributed by atoms with Crippen LogP contribution in [0.5, 0.6) is 0 Å². The van der Waals surface area contributed by atoms with Crippen molar-refractivity contribution in [1.29, 1.82) is 0 Å². The van der Waals surface area contributed by atoms with E-state index in [2.05, 4.69) is 60.2 Å². The molecule has 0 aromatic carbocycles. The van der Waals surface area contributed by atoms with Crippen molar-refractivity contribution in [3.05, 3.63) is 0 Å². The van der Waals surface area contributed by atoms with Crippen molar-refractivity contribution < 1.29 is 0 Å². The van der Waals surface area contributed by atoms with Crippen molar-refractivity contribution in [3.63, 3.8) is 0 Å². The largest absolute Gasteiger partial charge is 0.318 e. The lowest BCUT2D eigenvalue weighted by molar-refractivity contribution is 0.0663. The lowest BCUT2D eigenvalue weighted by Gasteiger charge is -2.42. The van der Waals surface area contributed by atoms with Crippen LogP contribution in [-0.4, -0.2) is 113 Å². The second-order valence-electron chi connectivity index (χ2n) is 6.15. The minimum absolute atomic E-state index is 0.654.